The summed E-state index contributed by atoms with van der Waals surface area (Å²) in [4.78, 5) is 87.5. The first kappa shape index (κ1) is 36.8. The van der Waals surface area contributed by atoms with Crippen LogP contribution in [0.4, 0.5) is 4.79 Å². The summed E-state index contributed by atoms with van der Waals surface area (Å²) in [6.07, 6.45) is 3.07. The highest BCUT2D eigenvalue weighted by Crippen LogP contribution is 2.37. The second-order valence-corrected chi connectivity index (χ2v) is 14.5. The summed E-state index contributed by atoms with van der Waals surface area (Å²) in [7, 11) is 0. The van der Waals surface area contributed by atoms with Crippen LogP contribution in [0.5, 0.6) is 0 Å². The van der Waals surface area contributed by atoms with Crippen molar-refractivity contribution in [3.63, 3.8) is 0 Å². The number of ketones is 1. The minimum atomic E-state index is -1.30. The molecule has 5 rings (SSSR count). The second kappa shape index (κ2) is 15.6. The lowest BCUT2D eigenvalue weighted by molar-refractivity contribution is -0.144. The number of hydrogen-bond donors (Lipinski definition) is 5. The number of nitrogens with zero attached hydrogens (tertiary/aromatic N) is 1. The number of amides is 5. The Kier molecular flexibility index (Phi) is 11.5. The molecule has 0 radical (unpaired) electrons. The molecule has 4 aliphatic rings. The highest BCUT2D eigenvalue weighted by Gasteiger charge is 2.54. The lowest BCUT2D eigenvalue weighted by Gasteiger charge is -2.35. The Bertz CT molecular complexity index is 1480. The van der Waals surface area contributed by atoms with Crippen LogP contribution in [0.2, 0.25) is 0 Å². The van der Waals surface area contributed by atoms with Gasteiger partial charge in [-0.25, -0.2) is 4.79 Å². The van der Waals surface area contributed by atoms with Gasteiger partial charge in [0.2, 0.25) is 17.6 Å². The third-order valence-corrected chi connectivity index (χ3v) is 9.13. The quantitative estimate of drug-likeness (QED) is 0.187. The van der Waals surface area contributed by atoms with Crippen LogP contribution in [0.15, 0.2) is 42.1 Å². The van der Waals surface area contributed by atoms with Crippen molar-refractivity contribution in [1.29, 1.82) is 0 Å². The van der Waals surface area contributed by atoms with Crippen LogP contribution in [0.1, 0.15) is 71.8 Å². The van der Waals surface area contributed by atoms with Gasteiger partial charge in [-0.1, -0.05) is 64.4 Å². The van der Waals surface area contributed by atoms with Crippen LogP contribution in [-0.2, 0) is 44.8 Å². The Balaban J connectivity index is 1.37. The number of ether oxygens (including phenoxy) is 2. The van der Waals surface area contributed by atoms with E-state index in [1.54, 1.807) is 26.8 Å². The first-order chi connectivity index (χ1) is 23.8. The molecule has 5 amide bonds. The molecule has 50 heavy (non-hydrogen) atoms. The van der Waals surface area contributed by atoms with E-state index < -0.39 is 70.8 Å². The molecule has 1 aliphatic carbocycles. The van der Waals surface area contributed by atoms with Gasteiger partial charge in [0.25, 0.3) is 11.8 Å². The monoisotopic (exact) mass is 696 g/mol. The fourth-order valence-electron chi connectivity index (χ4n) is 6.20. The number of rotatable bonds is 13. The van der Waals surface area contributed by atoms with E-state index in [-0.39, 0.29) is 44.3 Å². The number of nitrogens with one attached hydrogen (secondary N) is 5. The molecular formula is C35H48N6O9. The maximum absolute atomic E-state index is 14.4. The van der Waals surface area contributed by atoms with Crippen molar-refractivity contribution in [2.75, 3.05) is 19.8 Å². The Morgan fingerprint density at radius 1 is 1.06 bits per heavy atom. The molecule has 1 spiro atoms. The fraction of sp³-hybridized carbons (Fsp3) is 0.600. The zero-order chi connectivity index (χ0) is 36.1. The Morgan fingerprint density at radius 3 is 2.44 bits per heavy atom. The molecule has 2 saturated heterocycles. The molecule has 3 heterocycles. The Morgan fingerprint density at radius 2 is 1.80 bits per heavy atom. The molecule has 1 aromatic rings. The average Bonchev–Trinajstić information content (AvgIpc) is 3.43. The van der Waals surface area contributed by atoms with Crippen LogP contribution in [0.25, 0.3) is 0 Å². The van der Waals surface area contributed by atoms with E-state index in [0.717, 1.165) is 18.4 Å². The molecule has 272 valence electrons. The Labute approximate surface area is 291 Å². The third kappa shape index (κ3) is 9.18. The number of hydroxylamine groups is 1. The molecule has 5 N–H and O–H groups in total. The van der Waals surface area contributed by atoms with Crippen molar-refractivity contribution < 1.29 is 43.1 Å². The SMILES string of the molecule is CCC[C@H](NC(=O)[C@@H]1C[C@]2(C=C(C(=O)NCc3ccccc3)NO2)CN1C(=O)[C@@H](NC(=O)O[C@H]1CCOC1)C(C)(C)C)C(=O)C(=O)NC1CC1. The van der Waals surface area contributed by atoms with Gasteiger partial charge in [-0.15, -0.1) is 0 Å². The molecule has 0 unspecified atom stereocenters. The first-order valence-electron chi connectivity index (χ1n) is 17.3. The maximum Gasteiger partial charge on any atom is 0.408 e. The lowest BCUT2D eigenvalue weighted by Crippen LogP contribution is -2.59. The molecule has 3 aliphatic heterocycles. The van der Waals surface area contributed by atoms with Gasteiger partial charge in [0.05, 0.1) is 25.8 Å². The molecule has 15 heteroatoms. The second-order valence-electron chi connectivity index (χ2n) is 14.5. The molecule has 3 fully saturated rings. The molecule has 0 bridgehead atoms. The van der Waals surface area contributed by atoms with Crippen molar-refractivity contribution in [3.8, 4) is 0 Å². The molecule has 1 aromatic carbocycles. The number of hydrogen-bond acceptors (Lipinski definition) is 10. The summed E-state index contributed by atoms with van der Waals surface area (Å²) in [6.45, 7) is 7.97. The van der Waals surface area contributed by atoms with E-state index in [1.807, 2.05) is 37.3 Å². The summed E-state index contributed by atoms with van der Waals surface area (Å²) in [5.41, 5.74) is 1.55. The third-order valence-electron chi connectivity index (χ3n) is 9.13. The van der Waals surface area contributed by atoms with Crippen LogP contribution in [-0.4, -0.2) is 96.0 Å². The van der Waals surface area contributed by atoms with Crippen molar-refractivity contribution >= 4 is 35.5 Å². The summed E-state index contributed by atoms with van der Waals surface area (Å²) in [5.74, 6) is -3.22. The minimum absolute atomic E-state index is 0.0418. The van der Waals surface area contributed by atoms with Gasteiger partial charge in [0, 0.05) is 25.4 Å². The molecule has 0 aromatic heterocycles. The van der Waals surface area contributed by atoms with Crippen LogP contribution in [0.3, 0.4) is 0 Å². The highest BCUT2D eigenvalue weighted by atomic mass is 16.7. The summed E-state index contributed by atoms with van der Waals surface area (Å²) < 4.78 is 10.8. The molecular weight excluding hydrogens is 648 g/mol. The average molecular weight is 697 g/mol. The van der Waals surface area contributed by atoms with Gasteiger partial charge < -0.3 is 35.6 Å². The van der Waals surface area contributed by atoms with Crippen molar-refractivity contribution in [3.05, 3.63) is 47.7 Å². The number of carbonyl (C=O) groups excluding carboxylic acids is 6. The van der Waals surface area contributed by atoms with Gasteiger partial charge in [-0.3, -0.25) is 34.3 Å². The predicted octanol–water partition coefficient (Wildman–Crippen LogP) is 1.12. The number of alkyl carbamates (subject to hydrolysis) is 1. The Hall–Kier alpha value is -4.50. The van der Waals surface area contributed by atoms with Gasteiger partial charge in [0.1, 0.15) is 29.5 Å². The zero-order valence-electron chi connectivity index (χ0n) is 29.0. The van der Waals surface area contributed by atoms with Crippen LogP contribution in [0, 0.1) is 5.41 Å². The van der Waals surface area contributed by atoms with Gasteiger partial charge >= 0.3 is 6.09 Å². The van der Waals surface area contributed by atoms with E-state index in [0.29, 0.717) is 19.4 Å². The predicted molar refractivity (Wildman–Crippen MR) is 179 cm³/mol. The molecule has 15 nitrogen and oxygen atoms in total. The lowest BCUT2D eigenvalue weighted by atomic mass is 9.85. The topological polar surface area (TPSA) is 193 Å². The zero-order valence-corrected chi connectivity index (χ0v) is 29.0. The number of benzene rings is 1. The summed E-state index contributed by atoms with van der Waals surface area (Å²) >= 11 is 0. The van der Waals surface area contributed by atoms with E-state index in [2.05, 4.69) is 26.7 Å². The van der Waals surface area contributed by atoms with E-state index in [9.17, 15) is 28.8 Å². The van der Waals surface area contributed by atoms with Gasteiger partial charge in [-0.2, -0.15) is 0 Å². The summed E-state index contributed by atoms with van der Waals surface area (Å²) in [5, 5.41) is 10.9. The van der Waals surface area contributed by atoms with Crippen LogP contribution >= 0.6 is 0 Å². The summed E-state index contributed by atoms with van der Waals surface area (Å²) in [6, 6.07) is 5.88. The van der Waals surface area contributed by atoms with E-state index >= 15 is 0 Å². The normalized spacial score (nSPS) is 24.1. The molecule has 1 saturated carbocycles. The number of carbonyl (C=O) groups is 6. The van der Waals surface area contributed by atoms with Gasteiger partial charge in [-0.05, 0) is 36.3 Å². The maximum atomic E-state index is 14.4. The van der Waals surface area contributed by atoms with E-state index in [4.69, 9.17) is 14.3 Å². The number of likely N-dealkylation sites (tertiary alicyclic amines) is 1. The minimum Gasteiger partial charge on any atom is -0.444 e. The smallest absolute Gasteiger partial charge is 0.408 e. The van der Waals surface area contributed by atoms with Crippen molar-refractivity contribution in [2.24, 2.45) is 5.41 Å². The van der Waals surface area contributed by atoms with Crippen LogP contribution < -0.4 is 26.7 Å². The first-order valence-corrected chi connectivity index (χ1v) is 17.3. The highest BCUT2D eigenvalue weighted by molar-refractivity contribution is 6.38. The van der Waals surface area contributed by atoms with Crippen molar-refractivity contribution in [2.45, 2.75) is 109 Å². The standard InChI is InChI=1S/C35H48N6O9/c1-5-9-24(27(42)31(45)37-22-12-13-22)38-30(44)26-17-35(16-25(40-50-35)29(43)36-18-21-10-7-6-8-11-21)20-41(26)32(46)28(34(2,3)4)39-33(47)49-23-14-15-48-19-23/h6-8,10-11,16,22-24,26,28,40H,5,9,12-15,17-20H2,1-4H3,(H,36,43)(H,37,45)(H,38,44)(H,39,47)/t23-,24-,26-,28+,35+/m0/s1. The van der Waals surface area contributed by atoms with Crippen molar-refractivity contribution in [1.82, 2.24) is 31.6 Å². The van der Waals surface area contributed by atoms with Gasteiger partial charge in [0.15, 0.2) is 0 Å². The molecule has 5 atom stereocenters. The van der Waals surface area contributed by atoms with E-state index in [1.165, 1.54) is 4.90 Å². The fourth-order valence-corrected chi connectivity index (χ4v) is 6.20. The number of Topliss-reactive ketones (excluding diaryl/α,β-unsaturated/α-hetero) is 1. The largest absolute Gasteiger partial charge is 0.444 e.